The molecule has 3 heteroatoms. The lowest BCUT2D eigenvalue weighted by Gasteiger charge is -2.18. The first-order valence-electron chi connectivity index (χ1n) is 3.27. The SMILES string of the molecule is CC(CO)N1CCOC1. The van der Waals surface area contributed by atoms with Gasteiger partial charge in [0.2, 0.25) is 0 Å². The Bertz CT molecular complexity index is 81.1. The molecule has 0 aromatic heterocycles. The molecular formula is C6H13NO2. The minimum absolute atomic E-state index is 0.226. The molecule has 0 aromatic rings. The molecule has 1 heterocycles. The largest absolute Gasteiger partial charge is 0.395 e. The Morgan fingerprint density at radius 3 is 3.00 bits per heavy atom. The molecule has 0 spiro atoms. The van der Waals surface area contributed by atoms with Crippen molar-refractivity contribution >= 4 is 0 Å². The monoisotopic (exact) mass is 131 g/mol. The van der Waals surface area contributed by atoms with Crippen LogP contribution < -0.4 is 0 Å². The summed E-state index contributed by atoms with van der Waals surface area (Å²) in [6.45, 7) is 4.67. The van der Waals surface area contributed by atoms with Gasteiger partial charge in [-0.3, -0.25) is 4.90 Å². The summed E-state index contributed by atoms with van der Waals surface area (Å²) in [6, 6.07) is 0.257. The van der Waals surface area contributed by atoms with Gasteiger partial charge in [-0.1, -0.05) is 0 Å². The fourth-order valence-electron chi connectivity index (χ4n) is 0.891. The van der Waals surface area contributed by atoms with Crippen LogP contribution in [0.5, 0.6) is 0 Å². The van der Waals surface area contributed by atoms with Gasteiger partial charge < -0.3 is 9.84 Å². The number of aliphatic hydroxyl groups excluding tert-OH is 1. The lowest BCUT2D eigenvalue weighted by molar-refractivity contribution is 0.0919. The third-order valence-electron chi connectivity index (χ3n) is 1.67. The molecule has 1 aliphatic rings. The predicted molar refractivity (Wildman–Crippen MR) is 34.1 cm³/mol. The highest BCUT2D eigenvalue weighted by molar-refractivity contribution is 4.65. The van der Waals surface area contributed by atoms with E-state index in [9.17, 15) is 0 Å². The minimum Gasteiger partial charge on any atom is -0.395 e. The van der Waals surface area contributed by atoms with Crippen LogP contribution in [-0.4, -0.2) is 42.5 Å². The smallest absolute Gasteiger partial charge is 0.0994 e. The highest BCUT2D eigenvalue weighted by Gasteiger charge is 2.16. The summed E-state index contributed by atoms with van der Waals surface area (Å²) in [4.78, 5) is 2.11. The first-order chi connectivity index (χ1) is 4.34. The molecule has 54 valence electrons. The van der Waals surface area contributed by atoms with E-state index in [1.165, 1.54) is 0 Å². The summed E-state index contributed by atoms with van der Waals surface area (Å²) in [5, 5.41) is 8.70. The van der Waals surface area contributed by atoms with E-state index < -0.39 is 0 Å². The number of rotatable bonds is 2. The molecule has 3 nitrogen and oxygen atoms in total. The van der Waals surface area contributed by atoms with E-state index in [1.807, 2.05) is 6.92 Å². The molecule has 0 bridgehead atoms. The van der Waals surface area contributed by atoms with E-state index in [4.69, 9.17) is 9.84 Å². The molecule has 0 aromatic carbocycles. The lowest BCUT2D eigenvalue weighted by atomic mass is 10.3. The highest BCUT2D eigenvalue weighted by atomic mass is 16.5. The zero-order valence-corrected chi connectivity index (χ0v) is 5.71. The molecule has 1 fully saturated rings. The fraction of sp³-hybridized carbons (Fsp3) is 1.00. The van der Waals surface area contributed by atoms with Crippen LogP contribution in [0.3, 0.4) is 0 Å². The van der Waals surface area contributed by atoms with Gasteiger partial charge in [-0.25, -0.2) is 0 Å². The number of ether oxygens (including phenoxy) is 1. The number of hydrogen-bond acceptors (Lipinski definition) is 3. The Hall–Kier alpha value is -0.120. The van der Waals surface area contributed by atoms with Crippen LogP contribution in [0.4, 0.5) is 0 Å². The van der Waals surface area contributed by atoms with Gasteiger partial charge in [0.1, 0.15) is 0 Å². The van der Waals surface area contributed by atoms with Crippen LogP contribution in [0.15, 0.2) is 0 Å². The molecule has 0 amide bonds. The zero-order valence-electron chi connectivity index (χ0n) is 5.71. The minimum atomic E-state index is 0.226. The normalized spacial score (nSPS) is 24.7. The predicted octanol–water partition coefficient (Wildman–Crippen LogP) is -0.343. The molecule has 1 saturated heterocycles. The van der Waals surface area contributed by atoms with Crippen LogP contribution in [0.25, 0.3) is 0 Å². The van der Waals surface area contributed by atoms with Gasteiger partial charge >= 0.3 is 0 Å². The van der Waals surface area contributed by atoms with Crippen LogP contribution in [0.1, 0.15) is 6.92 Å². The molecule has 1 rings (SSSR count). The summed E-state index contributed by atoms with van der Waals surface area (Å²) in [7, 11) is 0. The van der Waals surface area contributed by atoms with Gasteiger partial charge in [0, 0.05) is 12.6 Å². The molecule has 1 aliphatic heterocycles. The van der Waals surface area contributed by atoms with Crippen molar-refractivity contribution in [1.82, 2.24) is 4.90 Å². The van der Waals surface area contributed by atoms with Crippen molar-refractivity contribution in [3.63, 3.8) is 0 Å². The molecule has 0 radical (unpaired) electrons. The van der Waals surface area contributed by atoms with E-state index in [-0.39, 0.29) is 12.6 Å². The lowest BCUT2D eigenvalue weighted by Crippen LogP contribution is -2.33. The van der Waals surface area contributed by atoms with Crippen molar-refractivity contribution in [1.29, 1.82) is 0 Å². The Morgan fingerprint density at radius 2 is 2.56 bits per heavy atom. The maximum Gasteiger partial charge on any atom is 0.0994 e. The third-order valence-corrected chi connectivity index (χ3v) is 1.67. The van der Waals surface area contributed by atoms with Gasteiger partial charge in [-0.15, -0.1) is 0 Å². The first kappa shape index (κ1) is 6.99. The van der Waals surface area contributed by atoms with Crippen molar-refractivity contribution in [2.24, 2.45) is 0 Å². The van der Waals surface area contributed by atoms with Crippen LogP contribution in [0, 0.1) is 0 Å². The van der Waals surface area contributed by atoms with E-state index in [1.54, 1.807) is 0 Å². The van der Waals surface area contributed by atoms with Crippen molar-refractivity contribution < 1.29 is 9.84 Å². The van der Waals surface area contributed by atoms with Gasteiger partial charge in [-0.2, -0.15) is 0 Å². The average molecular weight is 131 g/mol. The summed E-state index contributed by atoms with van der Waals surface area (Å²) in [5.41, 5.74) is 0. The maximum absolute atomic E-state index is 8.70. The Balaban J connectivity index is 2.24. The maximum atomic E-state index is 8.70. The topological polar surface area (TPSA) is 32.7 Å². The number of hydrogen-bond donors (Lipinski definition) is 1. The van der Waals surface area contributed by atoms with Crippen molar-refractivity contribution in [3.05, 3.63) is 0 Å². The van der Waals surface area contributed by atoms with Crippen LogP contribution in [0.2, 0.25) is 0 Å². The summed E-state index contributed by atoms with van der Waals surface area (Å²) in [5.74, 6) is 0. The highest BCUT2D eigenvalue weighted by Crippen LogP contribution is 2.03. The Kier molecular flexibility index (Phi) is 2.45. The molecule has 9 heavy (non-hydrogen) atoms. The number of nitrogens with zero attached hydrogens (tertiary/aromatic N) is 1. The zero-order chi connectivity index (χ0) is 6.69. The van der Waals surface area contributed by atoms with Crippen LogP contribution in [-0.2, 0) is 4.74 Å². The van der Waals surface area contributed by atoms with E-state index in [0.29, 0.717) is 6.73 Å². The van der Waals surface area contributed by atoms with Crippen molar-refractivity contribution in [2.45, 2.75) is 13.0 Å². The van der Waals surface area contributed by atoms with Crippen LogP contribution >= 0.6 is 0 Å². The van der Waals surface area contributed by atoms with E-state index >= 15 is 0 Å². The fourth-order valence-corrected chi connectivity index (χ4v) is 0.891. The van der Waals surface area contributed by atoms with Gasteiger partial charge in [0.05, 0.1) is 19.9 Å². The molecule has 0 aliphatic carbocycles. The Labute approximate surface area is 55.2 Å². The molecule has 1 N–H and O–H groups in total. The molecule has 0 saturated carbocycles. The summed E-state index contributed by atoms with van der Waals surface area (Å²) in [6.07, 6.45) is 0. The third kappa shape index (κ3) is 1.64. The van der Waals surface area contributed by atoms with E-state index in [2.05, 4.69) is 4.90 Å². The second kappa shape index (κ2) is 3.15. The second-order valence-corrected chi connectivity index (χ2v) is 2.38. The standard InChI is InChI=1S/C6H13NO2/c1-6(4-8)7-2-3-9-5-7/h6,8H,2-5H2,1H3. The second-order valence-electron chi connectivity index (χ2n) is 2.38. The van der Waals surface area contributed by atoms with Crippen molar-refractivity contribution in [3.8, 4) is 0 Å². The van der Waals surface area contributed by atoms with Gasteiger partial charge in [0.15, 0.2) is 0 Å². The van der Waals surface area contributed by atoms with Crippen molar-refractivity contribution in [2.75, 3.05) is 26.5 Å². The van der Waals surface area contributed by atoms with Gasteiger partial charge in [-0.05, 0) is 6.92 Å². The number of aliphatic hydroxyl groups is 1. The Morgan fingerprint density at radius 1 is 1.78 bits per heavy atom. The molecule has 1 atom stereocenters. The molecular weight excluding hydrogens is 118 g/mol. The quantitative estimate of drug-likeness (QED) is 0.556. The molecule has 1 unspecified atom stereocenters. The van der Waals surface area contributed by atoms with Gasteiger partial charge in [0.25, 0.3) is 0 Å². The first-order valence-corrected chi connectivity index (χ1v) is 3.27. The summed E-state index contributed by atoms with van der Waals surface area (Å²) >= 11 is 0. The summed E-state index contributed by atoms with van der Waals surface area (Å²) < 4.78 is 5.09. The average Bonchev–Trinajstić information content (AvgIpc) is 2.37. The van der Waals surface area contributed by atoms with E-state index in [0.717, 1.165) is 13.2 Å².